The lowest BCUT2D eigenvalue weighted by Crippen LogP contribution is -2.11. The molecule has 32 heavy (non-hydrogen) atoms. The van der Waals surface area contributed by atoms with Crippen LogP contribution in [0, 0.1) is 13.1 Å². The average molecular weight is 413 g/mol. The van der Waals surface area contributed by atoms with Gasteiger partial charge in [-0.15, -0.1) is 4.99 Å². The SMILES string of the molecule is [C-]#[N+]C1=NC(c2ccc(-n3c4ccccc4c4ccccc43)cc2)=C(C)C(C)=NC1[N+]#[C-]. The molecule has 5 heteroatoms. The Balaban J connectivity index is 1.66. The van der Waals surface area contributed by atoms with Crippen LogP contribution in [0.4, 0.5) is 0 Å². The van der Waals surface area contributed by atoms with Gasteiger partial charge >= 0.3 is 12.0 Å². The Morgan fingerprint density at radius 2 is 1.41 bits per heavy atom. The molecule has 152 valence electrons. The van der Waals surface area contributed by atoms with E-state index in [1.807, 2.05) is 26.0 Å². The summed E-state index contributed by atoms with van der Waals surface area (Å²) in [6.45, 7) is 18.6. The second kappa shape index (κ2) is 7.65. The van der Waals surface area contributed by atoms with E-state index in [0.717, 1.165) is 33.6 Å². The zero-order valence-corrected chi connectivity index (χ0v) is 17.7. The van der Waals surface area contributed by atoms with Crippen molar-refractivity contribution in [2.45, 2.75) is 20.0 Å². The smallest absolute Gasteiger partial charge is 0.356 e. The van der Waals surface area contributed by atoms with Gasteiger partial charge in [0.05, 0.1) is 11.0 Å². The summed E-state index contributed by atoms with van der Waals surface area (Å²) < 4.78 is 2.26. The van der Waals surface area contributed by atoms with Crippen molar-refractivity contribution in [2.75, 3.05) is 0 Å². The summed E-state index contributed by atoms with van der Waals surface area (Å²) in [6, 6.07) is 25.0. The third kappa shape index (κ3) is 3.00. The topological polar surface area (TPSA) is 38.4 Å². The van der Waals surface area contributed by atoms with Crippen molar-refractivity contribution >= 4 is 39.1 Å². The number of benzene rings is 3. The minimum atomic E-state index is -0.878. The van der Waals surface area contributed by atoms with Crippen LogP contribution in [0.25, 0.3) is 42.9 Å². The molecule has 0 amide bonds. The highest BCUT2D eigenvalue weighted by Crippen LogP contribution is 2.33. The third-order valence-electron chi connectivity index (χ3n) is 5.89. The van der Waals surface area contributed by atoms with Crippen molar-refractivity contribution in [1.82, 2.24) is 4.57 Å². The van der Waals surface area contributed by atoms with Crippen LogP contribution in [-0.4, -0.2) is 22.3 Å². The number of nitrogens with zero attached hydrogens (tertiary/aromatic N) is 5. The van der Waals surface area contributed by atoms with Crippen molar-refractivity contribution in [3.8, 4) is 5.69 Å². The Kier molecular flexibility index (Phi) is 4.66. The highest BCUT2D eigenvalue weighted by Gasteiger charge is 2.27. The fourth-order valence-electron chi connectivity index (χ4n) is 4.18. The molecule has 0 N–H and O–H groups in total. The number of hydrogen-bond donors (Lipinski definition) is 0. The third-order valence-corrected chi connectivity index (χ3v) is 5.89. The summed E-state index contributed by atoms with van der Waals surface area (Å²) in [5.41, 5.74) is 6.56. The molecule has 0 spiro atoms. The van der Waals surface area contributed by atoms with Crippen LogP contribution in [0.15, 0.2) is 88.4 Å². The van der Waals surface area contributed by atoms with Crippen LogP contribution in [0.1, 0.15) is 19.4 Å². The quantitative estimate of drug-likeness (QED) is 0.334. The lowest BCUT2D eigenvalue weighted by atomic mass is 10.0. The van der Waals surface area contributed by atoms with E-state index in [9.17, 15) is 0 Å². The molecule has 2 heterocycles. The molecule has 0 aliphatic carbocycles. The maximum Gasteiger partial charge on any atom is 0.371 e. The molecule has 0 saturated heterocycles. The van der Waals surface area contributed by atoms with E-state index in [1.165, 1.54) is 10.8 Å². The number of rotatable bonds is 2. The average Bonchev–Trinajstić information content (AvgIpc) is 3.11. The van der Waals surface area contributed by atoms with Crippen LogP contribution in [0.5, 0.6) is 0 Å². The van der Waals surface area contributed by atoms with Crippen LogP contribution < -0.4 is 0 Å². The number of amidine groups is 1. The summed E-state index contributed by atoms with van der Waals surface area (Å²) in [4.78, 5) is 15.9. The lowest BCUT2D eigenvalue weighted by Gasteiger charge is -2.09. The van der Waals surface area contributed by atoms with E-state index in [1.54, 1.807) is 0 Å². The standard InChI is InChI=1S/C27H19N5/c1-17-18(2)30-26(28-3)27(29-4)31-25(17)19-13-15-20(16-14-19)32-23-11-7-5-9-21(23)22-10-6-8-12-24(22)32/h5-16,26H,1-2H3. The molecule has 0 saturated carbocycles. The molecule has 5 rings (SSSR count). The minimum Gasteiger partial charge on any atom is -0.356 e. The van der Waals surface area contributed by atoms with E-state index >= 15 is 0 Å². The second-order valence-electron chi connectivity index (χ2n) is 7.69. The van der Waals surface area contributed by atoms with Crippen LogP contribution in [0.2, 0.25) is 0 Å². The molecule has 0 radical (unpaired) electrons. The van der Waals surface area contributed by atoms with Gasteiger partial charge in [-0.1, -0.05) is 43.0 Å². The van der Waals surface area contributed by atoms with Crippen LogP contribution in [-0.2, 0) is 0 Å². The molecular formula is C27H19N5. The van der Waals surface area contributed by atoms with E-state index in [2.05, 4.69) is 84.9 Å². The van der Waals surface area contributed by atoms with Gasteiger partial charge in [0.1, 0.15) is 0 Å². The zero-order chi connectivity index (χ0) is 22.2. The molecule has 0 bridgehead atoms. The monoisotopic (exact) mass is 413 g/mol. The highest BCUT2D eigenvalue weighted by atomic mass is 15.1. The second-order valence-corrected chi connectivity index (χ2v) is 7.69. The van der Waals surface area contributed by atoms with Crippen LogP contribution >= 0.6 is 0 Å². The van der Waals surface area contributed by atoms with E-state index in [-0.39, 0.29) is 5.84 Å². The first kappa shape index (κ1) is 19.5. The van der Waals surface area contributed by atoms with Gasteiger partial charge in [-0.3, -0.25) is 4.85 Å². The largest absolute Gasteiger partial charge is 0.371 e. The van der Waals surface area contributed by atoms with Gasteiger partial charge in [0, 0.05) is 33.3 Å². The molecule has 3 aromatic carbocycles. The first-order valence-electron chi connectivity index (χ1n) is 10.3. The van der Waals surface area contributed by atoms with E-state index in [4.69, 9.17) is 13.1 Å². The molecule has 5 nitrogen and oxygen atoms in total. The molecular weight excluding hydrogens is 394 g/mol. The number of aromatic nitrogens is 1. The Bertz CT molecular complexity index is 1500. The highest BCUT2D eigenvalue weighted by molar-refractivity contribution is 6.12. The Labute approximate surface area is 186 Å². The Hall–Kier alpha value is -4.48. The predicted octanol–water partition coefficient (Wildman–Crippen LogP) is 6.55. The van der Waals surface area contributed by atoms with E-state index < -0.39 is 6.17 Å². The molecule has 4 aromatic rings. The molecule has 1 aliphatic rings. The van der Waals surface area contributed by atoms with E-state index in [0.29, 0.717) is 5.70 Å². The zero-order valence-electron chi connectivity index (χ0n) is 17.7. The first-order valence-corrected chi connectivity index (χ1v) is 10.3. The maximum absolute atomic E-state index is 7.45. The van der Waals surface area contributed by atoms with Crippen molar-refractivity contribution in [3.63, 3.8) is 0 Å². The normalized spacial score (nSPS) is 16.3. The number of allylic oxidation sites excluding steroid dienone is 1. The van der Waals surface area contributed by atoms with Crippen molar-refractivity contribution in [2.24, 2.45) is 9.98 Å². The molecule has 1 aromatic heterocycles. The number of hydrogen-bond acceptors (Lipinski definition) is 2. The first-order chi connectivity index (χ1) is 15.6. The van der Waals surface area contributed by atoms with Crippen molar-refractivity contribution in [1.29, 1.82) is 0 Å². The van der Waals surface area contributed by atoms with Gasteiger partial charge in [0.2, 0.25) is 0 Å². The van der Waals surface area contributed by atoms with Gasteiger partial charge in [-0.25, -0.2) is 11.6 Å². The van der Waals surface area contributed by atoms with Gasteiger partial charge in [-0.2, -0.15) is 0 Å². The maximum atomic E-state index is 7.45. The summed E-state index contributed by atoms with van der Waals surface area (Å²) in [5.74, 6) is 0.109. The summed E-state index contributed by atoms with van der Waals surface area (Å²) >= 11 is 0. The van der Waals surface area contributed by atoms with Crippen LogP contribution in [0.3, 0.4) is 0 Å². The predicted molar refractivity (Wildman–Crippen MR) is 131 cm³/mol. The van der Waals surface area contributed by atoms with Gasteiger partial charge in [0.15, 0.2) is 5.70 Å². The Morgan fingerprint density at radius 3 is 1.97 bits per heavy atom. The summed E-state index contributed by atoms with van der Waals surface area (Å²) in [5, 5.41) is 2.44. The number of fused-ring (bicyclic) bond motifs is 3. The minimum absolute atomic E-state index is 0.109. The molecule has 0 fully saturated rings. The Morgan fingerprint density at radius 1 is 0.812 bits per heavy atom. The molecule has 1 unspecified atom stereocenters. The fraction of sp³-hybridized carbons (Fsp3) is 0.111. The fourth-order valence-corrected chi connectivity index (χ4v) is 4.18. The van der Waals surface area contributed by atoms with Crippen molar-refractivity contribution < 1.29 is 0 Å². The summed E-state index contributed by atoms with van der Waals surface area (Å²) in [7, 11) is 0. The summed E-state index contributed by atoms with van der Waals surface area (Å²) in [6.07, 6.45) is -0.878. The van der Waals surface area contributed by atoms with Gasteiger partial charge in [0.25, 0.3) is 0 Å². The number of para-hydroxylation sites is 2. The van der Waals surface area contributed by atoms with Crippen molar-refractivity contribution in [3.05, 3.63) is 107 Å². The number of aliphatic imine (C=N–C) groups is 2. The lowest BCUT2D eigenvalue weighted by molar-refractivity contribution is 1.08. The molecule has 1 atom stereocenters. The van der Waals surface area contributed by atoms with Gasteiger partial charge in [-0.05, 0) is 50.2 Å². The molecule has 1 aliphatic heterocycles. The van der Waals surface area contributed by atoms with Gasteiger partial charge < -0.3 is 9.41 Å².